The first kappa shape index (κ1) is 20.4. The third-order valence-corrected chi connectivity index (χ3v) is 4.88. The van der Waals surface area contributed by atoms with Crippen molar-refractivity contribution in [2.75, 3.05) is 44.2 Å². The maximum Gasteiger partial charge on any atom is 0.410 e. The molecule has 0 aliphatic carbocycles. The number of amides is 2. The van der Waals surface area contributed by atoms with Gasteiger partial charge >= 0.3 is 6.09 Å². The van der Waals surface area contributed by atoms with E-state index < -0.39 is 11.7 Å². The van der Waals surface area contributed by atoms with Crippen LogP contribution >= 0.6 is 0 Å². The van der Waals surface area contributed by atoms with E-state index in [2.05, 4.69) is 9.88 Å². The van der Waals surface area contributed by atoms with Crippen LogP contribution in [0.5, 0.6) is 0 Å². The van der Waals surface area contributed by atoms with Crippen molar-refractivity contribution in [1.82, 2.24) is 14.8 Å². The van der Waals surface area contributed by atoms with Crippen LogP contribution < -0.4 is 4.90 Å². The fraction of sp³-hybridized carbons (Fsp3) is 0.650. The molecule has 8 heteroatoms. The van der Waals surface area contributed by atoms with Crippen molar-refractivity contribution in [3.05, 3.63) is 23.9 Å². The van der Waals surface area contributed by atoms with E-state index in [4.69, 9.17) is 4.74 Å². The highest BCUT2D eigenvalue weighted by molar-refractivity contribution is 5.92. The Labute approximate surface area is 166 Å². The number of aliphatic hydroxyl groups is 1. The second-order valence-electron chi connectivity index (χ2n) is 8.38. The number of hydrogen-bond acceptors (Lipinski definition) is 6. The van der Waals surface area contributed by atoms with Crippen LogP contribution in [0.1, 0.15) is 44.1 Å². The van der Waals surface area contributed by atoms with Crippen LogP contribution in [0.25, 0.3) is 0 Å². The molecule has 0 aromatic carbocycles. The quantitative estimate of drug-likeness (QED) is 0.828. The Morgan fingerprint density at radius 2 is 1.89 bits per heavy atom. The number of hydrogen-bond donors (Lipinski definition) is 1. The molecule has 0 spiro atoms. The van der Waals surface area contributed by atoms with E-state index >= 15 is 0 Å². The number of carbonyl (C=O) groups excluding carboxylic acids is 2. The molecule has 8 nitrogen and oxygen atoms in total. The standard InChI is InChI=1S/C20H30N4O4/c1-20(2,3)28-19(27)23-10-5-9-22(12-13-23)17-7-4-6-16(21-17)18(26)24-11-8-15(25)14-24/h4,6-7,15,25H,5,8-14H2,1-3H3. The summed E-state index contributed by atoms with van der Waals surface area (Å²) in [7, 11) is 0. The molecule has 0 saturated carbocycles. The molecule has 0 bridgehead atoms. The first-order valence-corrected chi connectivity index (χ1v) is 9.90. The molecule has 2 aliphatic rings. The summed E-state index contributed by atoms with van der Waals surface area (Å²) < 4.78 is 5.47. The van der Waals surface area contributed by atoms with E-state index in [1.54, 1.807) is 15.9 Å². The number of aromatic nitrogens is 1. The van der Waals surface area contributed by atoms with Gasteiger partial charge in [-0.3, -0.25) is 4.79 Å². The highest BCUT2D eigenvalue weighted by Gasteiger charge is 2.27. The number of nitrogens with zero attached hydrogens (tertiary/aromatic N) is 4. The molecule has 154 valence electrons. The van der Waals surface area contributed by atoms with E-state index in [0.717, 1.165) is 18.8 Å². The summed E-state index contributed by atoms with van der Waals surface area (Å²) in [6.45, 7) is 9.07. The number of pyridine rings is 1. The van der Waals surface area contributed by atoms with Crippen LogP contribution in [0.2, 0.25) is 0 Å². The van der Waals surface area contributed by atoms with E-state index in [0.29, 0.717) is 44.8 Å². The zero-order chi connectivity index (χ0) is 20.3. The summed E-state index contributed by atoms with van der Waals surface area (Å²) in [4.78, 5) is 35.0. The van der Waals surface area contributed by atoms with E-state index in [9.17, 15) is 14.7 Å². The highest BCUT2D eigenvalue weighted by Crippen LogP contribution is 2.18. The number of likely N-dealkylation sites (tertiary alicyclic amines) is 1. The molecule has 1 N–H and O–H groups in total. The third-order valence-electron chi connectivity index (χ3n) is 4.88. The number of carbonyl (C=O) groups is 2. The van der Waals surface area contributed by atoms with Crippen LogP contribution in [-0.4, -0.2) is 82.9 Å². The SMILES string of the molecule is CC(C)(C)OC(=O)N1CCCN(c2cccc(C(=O)N3CCC(O)C3)n2)CC1. The average Bonchev–Trinajstić information content (AvgIpc) is 2.91. The van der Waals surface area contributed by atoms with Crippen molar-refractivity contribution in [1.29, 1.82) is 0 Å². The first-order chi connectivity index (χ1) is 13.2. The lowest BCUT2D eigenvalue weighted by Gasteiger charge is -2.26. The molecule has 0 radical (unpaired) electrons. The molecule has 2 saturated heterocycles. The van der Waals surface area contributed by atoms with Crippen molar-refractivity contribution in [2.45, 2.75) is 45.3 Å². The monoisotopic (exact) mass is 390 g/mol. The van der Waals surface area contributed by atoms with Gasteiger partial charge in [0, 0.05) is 39.3 Å². The van der Waals surface area contributed by atoms with Gasteiger partial charge in [0.2, 0.25) is 0 Å². The van der Waals surface area contributed by atoms with Gasteiger partial charge in [0.25, 0.3) is 5.91 Å². The molecule has 3 rings (SSSR count). The normalized spacial score (nSPS) is 20.9. The van der Waals surface area contributed by atoms with Crippen LogP contribution in [-0.2, 0) is 4.74 Å². The largest absolute Gasteiger partial charge is 0.444 e. The second-order valence-corrected chi connectivity index (χ2v) is 8.38. The topological polar surface area (TPSA) is 86.2 Å². The Hall–Kier alpha value is -2.35. The third kappa shape index (κ3) is 5.13. The summed E-state index contributed by atoms with van der Waals surface area (Å²) in [5.41, 5.74) is -0.123. The molecule has 2 fully saturated rings. The summed E-state index contributed by atoms with van der Waals surface area (Å²) >= 11 is 0. The minimum atomic E-state index is -0.511. The van der Waals surface area contributed by atoms with Gasteiger partial charge in [0.05, 0.1) is 6.10 Å². The van der Waals surface area contributed by atoms with Crippen LogP contribution in [0.4, 0.5) is 10.6 Å². The Morgan fingerprint density at radius 3 is 2.57 bits per heavy atom. The van der Waals surface area contributed by atoms with Crippen LogP contribution in [0, 0.1) is 0 Å². The molecule has 1 aromatic rings. The molecule has 2 amide bonds. The Bertz CT molecular complexity index is 718. The zero-order valence-electron chi connectivity index (χ0n) is 16.9. The van der Waals surface area contributed by atoms with Crippen molar-refractivity contribution in [3.8, 4) is 0 Å². The van der Waals surface area contributed by atoms with Crippen molar-refractivity contribution in [2.24, 2.45) is 0 Å². The summed E-state index contributed by atoms with van der Waals surface area (Å²) in [6, 6.07) is 5.43. The first-order valence-electron chi connectivity index (χ1n) is 9.90. The lowest BCUT2D eigenvalue weighted by Crippen LogP contribution is -2.39. The maximum atomic E-state index is 12.6. The number of aliphatic hydroxyl groups excluding tert-OH is 1. The smallest absolute Gasteiger partial charge is 0.410 e. The predicted molar refractivity (Wildman–Crippen MR) is 105 cm³/mol. The zero-order valence-corrected chi connectivity index (χ0v) is 16.9. The number of β-amino-alcohol motifs (C(OH)–C–C–N with tert-alkyl or cyclic N) is 1. The van der Waals surface area contributed by atoms with Gasteiger partial charge in [-0.05, 0) is 45.7 Å². The average molecular weight is 390 g/mol. The maximum absolute atomic E-state index is 12.6. The molecule has 2 aliphatic heterocycles. The van der Waals surface area contributed by atoms with Crippen LogP contribution in [0.3, 0.4) is 0 Å². The van der Waals surface area contributed by atoms with Crippen molar-refractivity contribution < 1.29 is 19.4 Å². The van der Waals surface area contributed by atoms with Crippen molar-refractivity contribution in [3.63, 3.8) is 0 Å². The van der Waals surface area contributed by atoms with Gasteiger partial charge in [-0.25, -0.2) is 9.78 Å². The van der Waals surface area contributed by atoms with Gasteiger partial charge < -0.3 is 24.5 Å². The van der Waals surface area contributed by atoms with Gasteiger partial charge in [-0.2, -0.15) is 0 Å². The Kier molecular flexibility index (Phi) is 6.07. The number of rotatable bonds is 2. The van der Waals surface area contributed by atoms with E-state index in [-0.39, 0.29) is 12.0 Å². The van der Waals surface area contributed by atoms with Gasteiger partial charge in [0.1, 0.15) is 17.1 Å². The van der Waals surface area contributed by atoms with E-state index in [1.807, 2.05) is 32.9 Å². The summed E-state index contributed by atoms with van der Waals surface area (Å²) in [5.74, 6) is 0.584. The molecule has 3 heterocycles. The molecule has 1 atom stereocenters. The van der Waals surface area contributed by atoms with E-state index in [1.165, 1.54) is 0 Å². The van der Waals surface area contributed by atoms with Gasteiger partial charge in [-0.1, -0.05) is 6.07 Å². The lowest BCUT2D eigenvalue weighted by atomic mass is 10.2. The van der Waals surface area contributed by atoms with Gasteiger partial charge in [0.15, 0.2) is 0 Å². The Balaban J connectivity index is 1.64. The Morgan fingerprint density at radius 1 is 1.11 bits per heavy atom. The molecule has 28 heavy (non-hydrogen) atoms. The minimum Gasteiger partial charge on any atom is -0.444 e. The fourth-order valence-corrected chi connectivity index (χ4v) is 3.46. The molecule has 1 aromatic heterocycles. The van der Waals surface area contributed by atoms with Crippen molar-refractivity contribution >= 4 is 17.8 Å². The second kappa shape index (κ2) is 8.34. The van der Waals surface area contributed by atoms with Crippen LogP contribution in [0.15, 0.2) is 18.2 Å². The highest BCUT2D eigenvalue weighted by atomic mass is 16.6. The van der Waals surface area contributed by atoms with Gasteiger partial charge in [-0.15, -0.1) is 0 Å². The summed E-state index contributed by atoms with van der Waals surface area (Å²) in [6.07, 6.45) is 0.672. The minimum absolute atomic E-state index is 0.149. The summed E-state index contributed by atoms with van der Waals surface area (Å²) in [5, 5.41) is 9.66. The molecular formula is C20H30N4O4. The lowest BCUT2D eigenvalue weighted by molar-refractivity contribution is 0.0263. The molecule has 1 unspecified atom stereocenters. The number of anilines is 1. The molecular weight excluding hydrogens is 360 g/mol. The predicted octanol–water partition coefficient (Wildman–Crippen LogP) is 1.74. The fourth-order valence-electron chi connectivity index (χ4n) is 3.46. The number of ether oxygens (including phenoxy) is 1.